The van der Waals surface area contributed by atoms with Crippen LogP contribution in [0.2, 0.25) is 0 Å². The molecule has 0 amide bonds. The van der Waals surface area contributed by atoms with E-state index in [1.807, 2.05) is 0 Å². The van der Waals surface area contributed by atoms with E-state index in [0.29, 0.717) is 0 Å². The van der Waals surface area contributed by atoms with Crippen molar-refractivity contribution in [2.24, 2.45) is 7.05 Å². The van der Waals surface area contributed by atoms with Crippen molar-refractivity contribution in [3.63, 3.8) is 0 Å². The lowest BCUT2D eigenvalue weighted by atomic mass is 10.4. The number of nitrogens with zero attached hydrogens (tertiary/aromatic N) is 3. The fraction of sp³-hybridized carbons (Fsp3) is 0.625. The number of aromatic nitrogens is 2. The number of hydrogen-bond donors (Lipinski definition) is 1. The quantitative estimate of drug-likeness (QED) is 0.599. The van der Waals surface area contributed by atoms with Crippen molar-refractivity contribution >= 4 is 21.5 Å². The van der Waals surface area contributed by atoms with Gasteiger partial charge in [-0.2, -0.15) is 0 Å². The van der Waals surface area contributed by atoms with Crippen molar-refractivity contribution < 1.29 is 13.3 Å². The highest BCUT2D eigenvalue weighted by Crippen LogP contribution is 2.21. The van der Waals surface area contributed by atoms with Crippen LogP contribution in [0.15, 0.2) is 6.33 Å². The van der Waals surface area contributed by atoms with E-state index < -0.39 is 20.8 Å². The van der Waals surface area contributed by atoms with Gasteiger partial charge < -0.3 is 15.4 Å². The summed E-state index contributed by atoms with van der Waals surface area (Å²) in [7, 11) is -1.54. The fourth-order valence-corrected chi connectivity index (χ4v) is 2.44. The van der Waals surface area contributed by atoms with Crippen molar-refractivity contribution in [2.75, 3.05) is 17.3 Å². The molecule has 1 N–H and O–H groups in total. The summed E-state index contributed by atoms with van der Waals surface area (Å²) in [6.45, 7) is 1.64. The van der Waals surface area contributed by atoms with Gasteiger partial charge in [0.25, 0.3) is 0 Å². The van der Waals surface area contributed by atoms with E-state index >= 15 is 0 Å². The van der Waals surface area contributed by atoms with Crippen LogP contribution in [-0.2, 0) is 16.9 Å². The first-order valence-electron chi connectivity index (χ1n) is 4.80. The van der Waals surface area contributed by atoms with Crippen molar-refractivity contribution in [3.8, 4) is 0 Å². The number of anilines is 1. The van der Waals surface area contributed by atoms with Gasteiger partial charge in [-0.15, -0.1) is 0 Å². The van der Waals surface area contributed by atoms with Gasteiger partial charge in [0.15, 0.2) is 0 Å². The predicted molar refractivity (Wildman–Crippen MR) is 62.7 cm³/mol. The molecule has 1 aromatic heterocycles. The molecule has 17 heavy (non-hydrogen) atoms. The lowest BCUT2D eigenvalue weighted by Gasteiger charge is -2.13. The fourth-order valence-electron chi connectivity index (χ4n) is 1.45. The van der Waals surface area contributed by atoms with E-state index in [0.717, 1.165) is 6.26 Å². The van der Waals surface area contributed by atoms with Crippen molar-refractivity contribution in [3.05, 3.63) is 16.4 Å². The number of imidazole rings is 1. The molecule has 9 heteroatoms. The lowest BCUT2D eigenvalue weighted by molar-refractivity contribution is -0.388. The van der Waals surface area contributed by atoms with Crippen LogP contribution in [0.4, 0.5) is 11.6 Å². The molecule has 96 valence electrons. The molecule has 0 aliphatic rings. The minimum Gasteiger partial charge on any atom is -0.361 e. The molecule has 1 rings (SSSR count). The summed E-state index contributed by atoms with van der Waals surface area (Å²) in [6.07, 6.45) is 2.41. The van der Waals surface area contributed by atoms with Crippen LogP contribution >= 0.6 is 0 Å². The second-order valence-electron chi connectivity index (χ2n) is 3.92. The Morgan fingerprint density at radius 2 is 2.24 bits per heavy atom. The van der Waals surface area contributed by atoms with Gasteiger partial charge in [0.05, 0.1) is 5.75 Å². The molecule has 8 nitrogen and oxygen atoms in total. The Bertz CT molecular complexity index is 522. The molecule has 0 spiro atoms. The first-order valence-corrected chi connectivity index (χ1v) is 6.86. The molecule has 0 bridgehead atoms. The third kappa shape index (κ3) is 3.70. The van der Waals surface area contributed by atoms with E-state index in [2.05, 4.69) is 10.3 Å². The molecule has 0 aromatic carbocycles. The highest BCUT2D eigenvalue weighted by atomic mass is 32.2. The standard InChI is InChI=1S/C8H14N4O4S/c1-6(4-17(3,15)16)10-8-7(12(13)14)9-5-11(8)2/h5-6,10H,4H2,1-3H3. The Labute approximate surface area is 98.7 Å². The molecule has 1 unspecified atom stereocenters. The molecule has 0 radical (unpaired) electrons. The molecular weight excluding hydrogens is 248 g/mol. The normalized spacial score (nSPS) is 13.4. The Morgan fingerprint density at radius 1 is 1.65 bits per heavy atom. The van der Waals surface area contributed by atoms with Crippen LogP contribution in [0.1, 0.15) is 6.92 Å². The van der Waals surface area contributed by atoms with Gasteiger partial charge in [0.2, 0.25) is 12.1 Å². The maximum absolute atomic E-state index is 11.1. The summed E-state index contributed by atoms with van der Waals surface area (Å²) >= 11 is 0. The van der Waals surface area contributed by atoms with Gasteiger partial charge in [-0.25, -0.2) is 8.42 Å². The molecule has 1 aromatic rings. The van der Waals surface area contributed by atoms with Crippen LogP contribution in [0, 0.1) is 10.1 Å². The van der Waals surface area contributed by atoms with Crippen molar-refractivity contribution in [1.82, 2.24) is 9.55 Å². The van der Waals surface area contributed by atoms with Gasteiger partial charge in [-0.3, -0.25) is 4.57 Å². The summed E-state index contributed by atoms with van der Waals surface area (Å²) in [6, 6.07) is -0.431. The van der Waals surface area contributed by atoms with E-state index in [1.165, 1.54) is 10.9 Å². The minimum absolute atomic E-state index is 0.102. The zero-order valence-corrected chi connectivity index (χ0v) is 10.6. The second kappa shape index (κ2) is 4.70. The van der Waals surface area contributed by atoms with Crippen molar-refractivity contribution in [2.45, 2.75) is 13.0 Å². The van der Waals surface area contributed by atoms with Gasteiger partial charge in [0.1, 0.15) is 9.84 Å². The van der Waals surface area contributed by atoms with Gasteiger partial charge in [-0.1, -0.05) is 0 Å². The molecule has 1 heterocycles. The van der Waals surface area contributed by atoms with E-state index in [9.17, 15) is 18.5 Å². The first-order chi connectivity index (χ1) is 7.70. The summed E-state index contributed by atoms with van der Waals surface area (Å²) in [5.74, 6) is -0.214. The van der Waals surface area contributed by atoms with Gasteiger partial charge in [-0.05, 0) is 16.8 Å². The summed E-state index contributed by atoms with van der Waals surface area (Å²) in [5, 5.41) is 13.4. The maximum Gasteiger partial charge on any atom is 0.406 e. The first kappa shape index (κ1) is 13.4. The van der Waals surface area contributed by atoms with Crippen LogP contribution in [0.25, 0.3) is 0 Å². The summed E-state index contributed by atoms with van der Waals surface area (Å²) < 4.78 is 23.6. The molecular formula is C8H14N4O4S. The Hall–Kier alpha value is -1.64. The highest BCUT2D eigenvalue weighted by molar-refractivity contribution is 7.90. The lowest BCUT2D eigenvalue weighted by Crippen LogP contribution is -2.26. The van der Waals surface area contributed by atoms with E-state index in [1.54, 1.807) is 14.0 Å². The Balaban J connectivity index is 2.88. The largest absolute Gasteiger partial charge is 0.406 e. The summed E-state index contributed by atoms with van der Waals surface area (Å²) in [5.41, 5.74) is 0. The average Bonchev–Trinajstić information content (AvgIpc) is 2.44. The van der Waals surface area contributed by atoms with Crippen molar-refractivity contribution in [1.29, 1.82) is 0 Å². The predicted octanol–water partition coefficient (Wildman–Crippen LogP) is 0.173. The second-order valence-corrected chi connectivity index (χ2v) is 6.11. The Morgan fingerprint density at radius 3 is 2.71 bits per heavy atom. The smallest absolute Gasteiger partial charge is 0.361 e. The Kier molecular flexibility index (Phi) is 3.71. The van der Waals surface area contributed by atoms with Gasteiger partial charge in [0, 0.05) is 19.3 Å². The molecule has 0 fully saturated rings. The molecule has 1 atom stereocenters. The molecule has 0 aliphatic carbocycles. The molecule has 0 aliphatic heterocycles. The zero-order chi connectivity index (χ0) is 13.2. The van der Waals surface area contributed by atoms with Crippen LogP contribution in [-0.4, -0.2) is 40.9 Å². The number of nitrogens with one attached hydrogen (secondary N) is 1. The summed E-state index contributed by atoms with van der Waals surface area (Å²) in [4.78, 5) is 13.7. The van der Waals surface area contributed by atoms with E-state index in [-0.39, 0.29) is 17.4 Å². The molecule has 0 saturated carbocycles. The minimum atomic E-state index is -3.13. The third-order valence-corrected chi connectivity index (χ3v) is 3.13. The van der Waals surface area contributed by atoms with E-state index in [4.69, 9.17) is 0 Å². The zero-order valence-electron chi connectivity index (χ0n) is 9.74. The number of rotatable bonds is 5. The SMILES string of the molecule is CC(CS(C)(=O)=O)Nc1c([N+](=O)[O-])ncn1C. The van der Waals surface area contributed by atoms with Crippen LogP contribution in [0.3, 0.4) is 0 Å². The number of nitro groups is 1. The number of hydrogen-bond acceptors (Lipinski definition) is 6. The monoisotopic (exact) mass is 262 g/mol. The number of sulfone groups is 1. The third-order valence-electron chi connectivity index (χ3n) is 2.03. The average molecular weight is 262 g/mol. The maximum atomic E-state index is 11.1. The number of aryl methyl sites for hydroxylation is 1. The topological polar surface area (TPSA) is 107 Å². The van der Waals surface area contributed by atoms with Crippen LogP contribution < -0.4 is 5.32 Å². The molecule has 0 saturated heterocycles. The van der Waals surface area contributed by atoms with Crippen LogP contribution in [0.5, 0.6) is 0 Å². The van der Waals surface area contributed by atoms with Gasteiger partial charge >= 0.3 is 5.82 Å². The highest BCUT2D eigenvalue weighted by Gasteiger charge is 2.22.